The molecule has 1 heterocycles. The molecule has 0 bridgehead atoms. The fourth-order valence-electron chi connectivity index (χ4n) is 1.48. The van der Waals surface area contributed by atoms with Gasteiger partial charge in [0.25, 0.3) is 5.91 Å². The van der Waals surface area contributed by atoms with Crippen molar-refractivity contribution >= 4 is 15.9 Å². The number of likely N-dealkylation sites (N-methyl/N-ethyl adjacent to an activating group) is 2. The van der Waals surface area contributed by atoms with Crippen molar-refractivity contribution in [1.29, 1.82) is 0 Å². The van der Waals surface area contributed by atoms with Gasteiger partial charge < -0.3 is 4.52 Å². The maximum Gasteiger partial charge on any atom is 0.261 e. The van der Waals surface area contributed by atoms with Crippen LogP contribution in [-0.2, 0) is 19.7 Å². The number of carbonyl (C=O) groups excluding carboxylic acids is 1. The molecule has 0 N–H and O–H groups in total. The lowest BCUT2D eigenvalue weighted by Gasteiger charge is -2.19. The first-order valence-electron chi connectivity index (χ1n) is 5.41. The standard InChI is InChI=1S/C10H17N3O5S/c1-7-10(8(2)18-11-7)19(15,16)12(3)6-9(14)13(4)17-5/h6H2,1-5H3. The normalized spacial score (nSPS) is 11.9. The summed E-state index contributed by atoms with van der Waals surface area (Å²) in [7, 11) is 0.210. The number of hydroxylamine groups is 2. The van der Waals surface area contributed by atoms with Gasteiger partial charge in [0.15, 0.2) is 5.76 Å². The van der Waals surface area contributed by atoms with Crippen molar-refractivity contribution in [2.24, 2.45) is 0 Å². The molecule has 0 aliphatic heterocycles. The van der Waals surface area contributed by atoms with Crippen LogP contribution < -0.4 is 0 Å². The summed E-state index contributed by atoms with van der Waals surface area (Å²) in [6, 6.07) is 0. The van der Waals surface area contributed by atoms with Gasteiger partial charge in [-0.1, -0.05) is 5.16 Å². The van der Waals surface area contributed by atoms with Crippen molar-refractivity contribution in [1.82, 2.24) is 14.5 Å². The molecule has 1 aromatic heterocycles. The number of aryl methyl sites for hydroxylation is 2. The molecule has 9 heteroatoms. The minimum absolute atomic E-state index is 0.0112. The quantitative estimate of drug-likeness (QED) is 0.705. The van der Waals surface area contributed by atoms with Crippen molar-refractivity contribution in [3.63, 3.8) is 0 Å². The number of carbonyl (C=O) groups is 1. The van der Waals surface area contributed by atoms with Crippen molar-refractivity contribution < 1.29 is 22.6 Å². The third-order valence-electron chi connectivity index (χ3n) is 2.62. The largest absolute Gasteiger partial charge is 0.360 e. The fraction of sp³-hybridized carbons (Fsp3) is 0.600. The molecule has 0 radical (unpaired) electrons. The zero-order valence-electron chi connectivity index (χ0n) is 11.5. The Kier molecular flexibility index (Phi) is 4.66. The van der Waals surface area contributed by atoms with Gasteiger partial charge in [-0.25, -0.2) is 13.5 Å². The molecule has 1 amide bonds. The molecule has 1 rings (SSSR count). The Hall–Kier alpha value is -1.45. The van der Waals surface area contributed by atoms with Crippen LogP contribution in [0.5, 0.6) is 0 Å². The van der Waals surface area contributed by atoms with Crippen molar-refractivity contribution in [2.45, 2.75) is 18.7 Å². The molecule has 0 saturated carbocycles. The van der Waals surface area contributed by atoms with Crippen LogP contribution >= 0.6 is 0 Å². The fourth-order valence-corrected chi connectivity index (χ4v) is 2.88. The first-order chi connectivity index (χ1) is 8.71. The second kappa shape index (κ2) is 5.68. The Balaban J connectivity index is 2.99. The zero-order valence-corrected chi connectivity index (χ0v) is 12.3. The Bertz CT molecular complexity index is 546. The van der Waals surface area contributed by atoms with Gasteiger partial charge in [-0.05, 0) is 13.8 Å². The van der Waals surface area contributed by atoms with E-state index in [2.05, 4.69) is 5.16 Å². The molecule has 8 nitrogen and oxygen atoms in total. The van der Waals surface area contributed by atoms with Crippen LogP contribution in [0.15, 0.2) is 9.42 Å². The summed E-state index contributed by atoms with van der Waals surface area (Å²) in [5.41, 5.74) is 0.261. The maximum absolute atomic E-state index is 12.3. The molecule has 0 atom stereocenters. The van der Waals surface area contributed by atoms with E-state index < -0.39 is 15.9 Å². The first-order valence-corrected chi connectivity index (χ1v) is 6.85. The lowest BCUT2D eigenvalue weighted by atomic mass is 10.4. The predicted octanol–water partition coefficient (Wildman–Crippen LogP) is -0.0683. The van der Waals surface area contributed by atoms with E-state index in [1.54, 1.807) is 0 Å². The van der Waals surface area contributed by atoms with Crippen molar-refractivity contribution in [3.05, 3.63) is 11.5 Å². The highest BCUT2D eigenvalue weighted by atomic mass is 32.2. The SMILES string of the molecule is CON(C)C(=O)CN(C)S(=O)(=O)c1c(C)noc1C. The highest BCUT2D eigenvalue weighted by Gasteiger charge is 2.30. The van der Waals surface area contributed by atoms with Gasteiger partial charge >= 0.3 is 0 Å². The molecule has 19 heavy (non-hydrogen) atoms. The maximum atomic E-state index is 12.3. The second-order valence-electron chi connectivity index (χ2n) is 3.99. The minimum atomic E-state index is -3.82. The number of sulfonamides is 1. The lowest BCUT2D eigenvalue weighted by Crippen LogP contribution is -2.39. The molecule has 108 valence electrons. The van der Waals surface area contributed by atoms with E-state index in [4.69, 9.17) is 9.36 Å². The van der Waals surface area contributed by atoms with E-state index in [9.17, 15) is 13.2 Å². The summed E-state index contributed by atoms with van der Waals surface area (Å²) in [4.78, 5) is 16.3. The number of nitrogens with zero attached hydrogens (tertiary/aromatic N) is 3. The van der Waals surface area contributed by atoms with Gasteiger partial charge in [-0.3, -0.25) is 9.63 Å². The summed E-state index contributed by atoms with van der Waals surface area (Å²) in [5.74, 6) is -0.294. The van der Waals surface area contributed by atoms with Gasteiger partial charge in [0.2, 0.25) is 10.0 Å². The third-order valence-corrected chi connectivity index (χ3v) is 4.67. The smallest absolute Gasteiger partial charge is 0.261 e. The summed E-state index contributed by atoms with van der Waals surface area (Å²) in [5, 5.41) is 4.55. The second-order valence-corrected chi connectivity index (χ2v) is 5.97. The average Bonchev–Trinajstić information content (AvgIpc) is 2.68. The molecular formula is C10H17N3O5S. The van der Waals surface area contributed by atoms with Crippen molar-refractivity contribution in [2.75, 3.05) is 27.7 Å². The molecule has 0 unspecified atom stereocenters. The number of hydrogen-bond donors (Lipinski definition) is 0. The van der Waals surface area contributed by atoms with Gasteiger partial charge in [-0.2, -0.15) is 4.31 Å². The van der Waals surface area contributed by atoms with Gasteiger partial charge in [0, 0.05) is 14.1 Å². The number of aromatic nitrogens is 1. The summed E-state index contributed by atoms with van der Waals surface area (Å²) in [6.07, 6.45) is 0. The van der Waals surface area contributed by atoms with Crippen LogP contribution in [0, 0.1) is 13.8 Å². The monoisotopic (exact) mass is 291 g/mol. The molecular weight excluding hydrogens is 274 g/mol. The van der Waals surface area contributed by atoms with Gasteiger partial charge in [0.1, 0.15) is 10.6 Å². The van der Waals surface area contributed by atoms with Gasteiger partial charge in [0.05, 0.1) is 13.7 Å². The number of hydrogen-bond acceptors (Lipinski definition) is 6. The highest BCUT2D eigenvalue weighted by Crippen LogP contribution is 2.22. The zero-order chi connectivity index (χ0) is 14.8. The third kappa shape index (κ3) is 3.11. The van der Waals surface area contributed by atoms with E-state index in [1.165, 1.54) is 35.1 Å². The van der Waals surface area contributed by atoms with E-state index in [-0.39, 0.29) is 22.9 Å². The van der Waals surface area contributed by atoms with Crippen LogP contribution in [0.4, 0.5) is 0 Å². The lowest BCUT2D eigenvalue weighted by molar-refractivity contribution is -0.168. The van der Waals surface area contributed by atoms with Crippen LogP contribution in [0.1, 0.15) is 11.5 Å². The van der Waals surface area contributed by atoms with Crippen LogP contribution in [0.2, 0.25) is 0 Å². The van der Waals surface area contributed by atoms with E-state index in [1.807, 2.05) is 0 Å². The van der Waals surface area contributed by atoms with E-state index in [0.29, 0.717) is 0 Å². The molecule has 0 fully saturated rings. The topological polar surface area (TPSA) is 93.0 Å². The average molecular weight is 291 g/mol. The molecule has 0 aliphatic rings. The minimum Gasteiger partial charge on any atom is -0.360 e. The van der Waals surface area contributed by atoms with Crippen LogP contribution in [-0.4, -0.2) is 56.6 Å². The Morgan fingerprint density at radius 1 is 1.37 bits per heavy atom. The van der Waals surface area contributed by atoms with Crippen LogP contribution in [0.3, 0.4) is 0 Å². The Labute approximate surface area is 111 Å². The van der Waals surface area contributed by atoms with Crippen LogP contribution in [0.25, 0.3) is 0 Å². The first kappa shape index (κ1) is 15.6. The summed E-state index contributed by atoms with van der Waals surface area (Å²) >= 11 is 0. The van der Waals surface area contributed by atoms with E-state index >= 15 is 0 Å². The number of rotatable bonds is 5. The summed E-state index contributed by atoms with van der Waals surface area (Å²) < 4.78 is 30.3. The molecule has 0 aromatic carbocycles. The van der Waals surface area contributed by atoms with E-state index in [0.717, 1.165) is 9.37 Å². The predicted molar refractivity (Wildman–Crippen MR) is 65.6 cm³/mol. The van der Waals surface area contributed by atoms with Gasteiger partial charge in [-0.15, -0.1) is 0 Å². The summed E-state index contributed by atoms with van der Waals surface area (Å²) in [6.45, 7) is 2.70. The van der Waals surface area contributed by atoms with Crippen molar-refractivity contribution in [3.8, 4) is 0 Å². The Morgan fingerprint density at radius 3 is 2.37 bits per heavy atom. The molecule has 0 aliphatic carbocycles. The Morgan fingerprint density at radius 2 is 1.95 bits per heavy atom. The molecule has 1 aromatic rings. The molecule has 0 spiro atoms. The number of amides is 1. The molecule has 0 saturated heterocycles. The highest BCUT2D eigenvalue weighted by molar-refractivity contribution is 7.89.